The van der Waals surface area contributed by atoms with Crippen LogP contribution >= 0.6 is 11.6 Å². The lowest BCUT2D eigenvalue weighted by Gasteiger charge is -2.20. The first-order valence-corrected chi connectivity index (χ1v) is 9.09. The Balaban J connectivity index is 1.70. The molecule has 5 heteroatoms. The summed E-state index contributed by atoms with van der Waals surface area (Å²) in [5.74, 6) is 0.729. The largest absolute Gasteiger partial charge is 0.484 e. The van der Waals surface area contributed by atoms with Gasteiger partial charge in [0.25, 0.3) is 0 Å². The Morgan fingerprint density at radius 3 is 2.81 bits per heavy atom. The number of benzene rings is 2. The molecule has 26 heavy (non-hydrogen) atoms. The van der Waals surface area contributed by atoms with Gasteiger partial charge in [0.15, 0.2) is 0 Å². The molecule has 2 heterocycles. The lowest BCUT2D eigenvalue weighted by molar-refractivity contribution is 0.183. The van der Waals surface area contributed by atoms with Gasteiger partial charge in [-0.15, -0.1) is 0 Å². The Labute approximate surface area is 158 Å². The minimum absolute atomic E-state index is 0.0224. The van der Waals surface area contributed by atoms with Crippen LogP contribution in [0.1, 0.15) is 23.7 Å². The number of ether oxygens (including phenoxy) is 1. The topological polar surface area (TPSA) is 38.2 Å². The fraction of sp³-hybridized carbons (Fsp3) is 0.238. The Hall–Kier alpha value is -2.43. The summed E-state index contributed by atoms with van der Waals surface area (Å²) in [5, 5.41) is 8.86. The average molecular weight is 366 g/mol. The second kappa shape index (κ2) is 7.44. The highest BCUT2D eigenvalue weighted by Crippen LogP contribution is 2.35. The van der Waals surface area contributed by atoms with E-state index in [2.05, 4.69) is 40.3 Å². The monoisotopic (exact) mass is 365 g/mol. The van der Waals surface area contributed by atoms with Crippen LogP contribution in [-0.4, -0.2) is 28.7 Å². The standard InChI is InChI=1S/C21H20ClN3O/c1-25-12-10-20(26-21-7-3-2-5-18(21)22)17-9-8-15(13-16(17)14-25)19-6-4-11-23-24-19/h2-9,11,13,20H,10,12,14H2,1H3. The summed E-state index contributed by atoms with van der Waals surface area (Å²) >= 11 is 6.29. The summed E-state index contributed by atoms with van der Waals surface area (Å²) in [6.07, 6.45) is 2.58. The first-order chi connectivity index (χ1) is 12.7. The van der Waals surface area contributed by atoms with Crippen LogP contribution in [0.5, 0.6) is 5.75 Å². The van der Waals surface area contributed by atoms with Crippen LogP contribution in [0, 0.1) is 0 Å². The predicted molar refractivity (Wildman–Crippen MR) is 103 cm³/mol. The van der Waals surface area contributed by atoms with Crippen LogP contribution in [-0.2, 0) is 6.54 Å². The van der Waals surface area contributed by atoms with E-state index in [1.54, 1.807) is 6.20 Å². The van der Waals surface area contributed by atoms with Gasteiger partial charge in [-0.05, 0) is 48.5 Å². The molecule has 0 N–H and O–H groups in total. The highest BCUT2D eigenvalue weighted by molar-refractivity contribution is 6.32. The molecule has 1 aromatic heterocycles. The fourth-order valence-corrected chi connectivity index (χ4v) is 3.53. The number of hydrogen-bond acceptors (Lipinski definition) is 4. The van der Waals surface area contributed by atoms with Crippen molar-refractivity contribution in [3.8, 4) is 17.0 Å². The van der Waals surface area contributed by atoms with Gasteiger partial charge in [-0.2, -0.15) is 10.2 Å². The molecule has 2 aromatic carbocycles. The first kappa shape index (κ1) is 17.0. The number of aromatic nitrogens is 2. The third kappa shape index (κ3) is 3.57. The zero-order valence-electron chi connectivity index (χ0n) is 14.6. The van der Waals surface area contributed by atoms with E-state index in [4.69, 9.17) is 16.3 Å². The summed E-state index contributed by atoms with van der Waals surface area (Å²) in [4.78, 5) is 2.31. The molecule has 4 nitrogen and oxygen atoms in total. The Kier molecular flexibility index (Phi) is 4.87. The highest BCUT2D eigenvalue weighted by Gasteiger charge is 2.23. The van der Waals surface area contributed by atoms with Crippen LogP contribution < -0.4 is 4.74 Å². The maximum Gasteiger partial charge on any atom is 0.138 e. The van der Waals surface area contributed by atoms with Gasteiger partial charge in [-0.3, -0.25) is 0 Å². The van der Waals surface area contributed by atoms with Crippen LogP contribution in [0.4, 0.5) is 0 Å². The molecule has 0 aliphatic carbocycles. The van der Waals surface area contributed by atoms with Crippen LogP contribution in [0.2, 0.25) is 5.02 Å². The lowest BCUT2D eigenvalue weighted by Crippen LogP contribution is -2.18. The van der Waals surface area contributed by atoms with Crippen molar-refractivity contribution in [2.45, 2.75) is 19.1 Å². The molecule has 0 spiro atoms. The predicted octanol–water partition coefficient (Wildman–Crippen LogP) is 4.75. The number of rotatable bonds is 3. The van der Waals surface area contributed by atoms with Crippen molar-refractivity contribution >= 4 is 11.6 Å². The average Bonchev–Trinajstić information content (AvgIpc) is 2.82. The van der Waals surface area contributed by atoms with E-state index in [0.29, 0.717) is 5.02 Å². The molecule has 1 aliphatic heterocycles. The molecule has 0 fully saturated rings. The molecule has 1 unspecified atom stereocenters. The minimum atomic E-state index is -0.0224. The van der Waals surface area contributed by atoms with E-state index in [1.165, 1.54) is 11.1 Å². The first-order valence-electron chi connectivity index (χ1n) is 8.71. The van der Waals surface area contributed by atoms with Gasteiger partial charge < -0.3 is 9.64 Å². The number of halogens is 1. The summed E-state index contributed by atoms with van der Waals surface area (Å²) in [6.45, 7) is 1.84. The molecular weight excluding hydrogens is 346 g/mol. The van der Waals surface area contributed by atoms with Crippen molar-refractivity contribution < 1.29 is 4.74 Å². The van der Waals surface area contributed by atoms with Crippen LogP contribution in [0.25, 0.3) is 11.3 Å². The molecule has 1 aliphatic rings. The maximum absolute atomic E-state index is 6.30. The van der Waals surface area contributed by atoms with Gasteiger partial charge in [0.1, 0.15) is 11.9 Å². The minimum Gasteiger partial charge on any atom is -0.484 e. The second-order valence-corrected chi connectivity index (χ2v) is 6.99. The van der Waals surface area contributed by atoms with Crippen molar-refractivity contribution in [1.82, 2.24) is 15.1 Å². The zero-order chi connectivity index (χ0) is 17.9. The molecule has 1 atom stereocenters. The molecule has 0 amide bonds. The summed E-state index contributed by atoms with van der Waals surface area (Å²) in [5.41, 5.74) is 4.42. The molecule has 0 bridgehead atoms. The molecular formula is C21H20ClN3O. The summed E-state index contributed by atoms with van der Waals surface area (Å²) < 4.78 is 6.30. The number of fused-ring (bicyclic) bond motifs is 1. The van der Waals surface area contributed by atoms with Crippen LogP contribution in [0.3, 0.4) is 0 Å². The van der Waals surface area contributed by atoms with E-state index in [9.17, 15) is 0 Å². The van der Waals surface area contributed by atoms with Gasteiger partial charge in [0, 0.05) is 31.3 Å². The molecule has 4 rings (SSSR count). The van der Waals surface area contributed by atoms with Crippen molar-refractivity contribution in [2.24, 2.45) is 0 Å². The Morgan fingerprint density at radius 2 is 2.00 bits per heavy atom. The van der Waals surface area contributed by atoms with Crippen LogP contribution in [0.15, 0.2) is 60.8 Å². The number of para-hydroxylation sites is 1. The van der Waals surface area contributed by atoms with Crippen molar-refractivity contribution in [3.63, 3.8) is 0 Å². The van der Waals surface area contributed by atoms with Gasteiger partial charge in [-0.1, -0.05) is 35.9 Å². The van der Waals surface area contributed by atoms with Crippen molar-refractivity contribution in [1.29, 1.82) is 0 Å². The zero-order valence-corrected chi connectivity index (χ0v) is 15.4. The third-order valence-electron chi connectivity index (χ3n) is 4.68. The quantitative estimate of drug-likeness (QED) is 0.671. The van der Waals surface area contributed by atoms with Gasteiger partial charge in [0.2, 0.25) is 0 Å². The Bertz CT molecular complexity index is 901. The molecule has 0 radical (unpaired) electrons. The smallest absolute Gasteiger partial charge is 0.138 e. The normalized spacial score (nSPS) is 17.4. The van der Waals surface area contributed by atoms with E-state index in [1.807, 2.05) is 36.4 Å². The summed E-state index contributed by atoms with van der Waals surface area (Å²) in [7, 11) is 2.14. The number of hydrogen-bond donors (Lipinski definition) is 0. The maximum atomic E-state index is 6.30. The van der Waals surface area contributed by atoms with Crippen molar-refractivity contribution in [2.75, 3.05) is 13.6 Å². The molecule has 3 aromatic rings. The molecule has 0 saturated carbocycles. The van der Waals surface area contributed by atoms with Gasteiger partial charge in [0.05, 0.1) is 10.7 Å². The highest BCUT2D eigenvalue weighted by atomic mass is 35.5. The molecule has 0 saturated heterocycles. The SMILES string of the molecule is CN1CCC(Oc2ccccc2Cl)c2ccc(-c3cccnn3)cc2C1. The van der Waals surface area contributed by atoms with E-state index in [0.717, 1.165) is 36.5 Å². The van der Waals surface area contributed by atoms with E-state index in [-0.39, 0.29) is 6.10 Å². The van der Waals surface area contributed by atoms with Gasteiger partial charge >= 0.3 is 0 Å². The van der Waals surface area contributed by atoms with E-state index >= 15 is 0 Å². The third-order valence-corrected chi connectivity index (χ3v) is 4.99. The van der Waals surface area contributed by atoms with Gasteiger partial charge in [-0.25, -0.2) is 0 Å². The summed E-state index contributed by atoms with van der Waals surface area (Å²) in [6, 6.07) is 18.0. The van der Waals surface area contributed by atoms with Crippen molar-refractivity contribution in [3.05, 3.63) is 76.9 Å². The lowest BCUT2D eigenvalue weighted by atomic mass is 9.97. The number of nitrogens with zero attached hydrogens (tertiary/aromatic N) is 3. The fourth-order valence-electron chi connectivity index (χ4n) is 3.35. The Morgan fingerprint density at radius 1 is 1.12 bits per heavy atom. The molecule has 132 valence electrons. The second-order valence-electron chi connectivity index (χ2n) is 6.59. The van der Waals surface area contributed by atoms with E-state index < -0.39 is 0 Å².